The summed E-state index contributed by atoms with van der Waals surface area (Å²) in [5, 5.41) is 5.01. The molecule has 1 amide bonds. The normalized spacial score (nSPS) is 13.4. The van der Waals surface area contributed by atoms with Crippen LogP contribution in [0.4, 0.5) is 5.13 Å². The van der Waals surface area contributed by atoms with Gasteiger partial charge in [0.15, 0.2) is 22.5 Å². The van der Waals surface area contributed by atoms with Crippen molar-refractivity contribution < 1.29 is 14.3 Å². The van der Waals surface area contributed by atoms with Crippen LogP contribution in [-0.4, -0.2) is 18.0 Å². The van der Waals surface area contributed by atoms with E-state index in [0.717, 1.165) is 5.56 Å². The summed E-state index contributed by atoms with van der Waals surface area (Å²) < 4.78 is 10.8. The number of hydrogen-bond donors (Lipinski definition) is 2. The third kappa shape index (κ3) is 2.55. The van der Waals surface area contributed by atoms with Crippen LogP contribution in [0.5, 0.6) is 11.5 Å². The maximum atomic E-state index is 12.2. The van der Waals surface area contributed by atoms with Gasteiger partial charge in [0, 0.05) is 23.6 Å². The quantitative estimate of drug-likeness (QED) is 0.904. The lowest BCUT2D eigenvalue weighted by atomic mass is 10.0. The molecule has 0 radical (unpaired) electrons. The Morgan fingerprint density at radius 3 is 3.10 bits per heavy atom. The van der Waals surface area contributed by atoms with Crippen molar-refractivity contribution in [1.29, 1.82) is 0 Å². The number of ether oxygens (including phenoxy) is 2. The molecule has 1 aliphatic heterocycles. The first-order valence-electron chi connectivity index (χ1n) is 6.22. The minimum atomic E-state index is -0.309. The molecule has 2 aromatic rings. The van der Waals surface area contributed by atoms with E-state index in [1.807, 2.05) is 12.1 Å². The number of anilines is 1. The lowest BCUT2D eigenvalue weighted by Crippen LogP contribution is -2.26. The molecule has 3 N–H and O–H groups in total. The number of fused-ring (bicyclic) bond motifs is 1. The van der Waals surface area contributed by atoms with Crippen molar-refractivity contribution in [2.24, 2.45) is 5.73 Å². The highest BCUT2D eigenvalue weighted by Crippen LogP contribution is 2.37. The first kappa shape index (κ1) is 13.4. The number of rotatable bonds is 3. The number of thiazole rings is 1. The first-order chi connectivity index (χ1) is 10.2. The number of nitrogens with two attached hydrogens (primary N) is 1. The van der Waals surface area contributed by atoms with Gasteiger partial charge in [-0.25, -0.2) is 4.98 Å². The SMILES string of the molecule is COc1cccc2c1OC(N)=C(C(=O)Nc1nccs1)C2. The zero-order valence-corrected chi connectivity index (χ0v) is 12.1. The molecule has 1 aliphatic rings. The number of nitrogens with zero attached hydrogens (tertiary/aromatic N) is 1. The van der Waals surface area contributed by atoms with Gasteiger partial charge in [0.25, 0.3) is 5.91 Å². The maximum Gasteiger partial charge on any atom is 0.259 e. The number of methoxy groups -OCH3 is 1. The summed E-state index contributed by atoms with van der Waals surface area (Å²) in [7, 11) is 1.56. The van der Waals surface area contributed by atoms with Crippen LogP contribution in [-0.2, 0) is 11.2 Å². The Kier molecular flexibility index (Phi) is 3.49. The van der Waals surface area contributed by atoms with Crippen molar-refractivity contribution in [3.05, 3.63) is 46.8 Å². The zero-order valence-electron chi connectivity index (χ0n) is 11.3. The van der Waals surface area contributed by atoms with Gasteiger partial charge in [-0.3, -0.25) is 10.1 Å². The second-order valence-electron chi connectivity index (χ2n) is 4.36. The summed E-state index contributed by atoms with van der Waals surface area (Å²) in [5.74, 6) is 0.926. The Morgan fingerprint density at radius 1 is 1.52 bits per heavy atom. The molecule has 0 unspecified atom stereocenters. The molecule has 108 valence electrons. The number of carbonyl (C=O) groups excluding carboxylic acids is 1. The number of aromatic nitrogens is 1. The van der Waals surface area contributed by atoms with Gasteiger partial charge < -0.3 is 15.2 Å². The van der Waals surface area contributed by atoms with E-state index in [2.05, 4.69) is 10.3 Å². The van der Waals surface area contributed by atoms with Crippen molar-refractivity contribution in [3.63, 3.8) is 0 Å². The number of para-hydroxylation sites is 1. The molecule has 3 rings (SSSR count). The molecule has 0 bridgehead atoms. The predicted octanol–water partition coefficient (Wildman–Crippen LogP) is 1.90. The van der Waals surface area contributed by atoms with Crippen LogP contribution in [0.15, 0.2) is 41.2 Å². The minimum Gasteiger partial charge on any atom is -0.493 e. The van der Waals surface area contributed by atoms with Gasteiger partial charge >= 0.3 is 0 Å². The molecule has 2 heterocycles. The van der Waals surface area contributed by atoms with Crippen LogP contribution in [0.3, 0.4) is 0 Å². The van der Waals surface area contributed by atoms with E-state index in [-0.39, 0.29) is 11.8 Å². The van der Waals surface area contributed by atoms with Crippen LogP contribution >= 0.6 is 11.3 Å². The third-order valence-electron chi connectivity index (χ3n) is 3.08. The summed E-state index contributed by atoms with van der Waals surface area (Å²) in [6.45, 7) is 0. The van der Waals surface area contributed by atoms with E-state index < -0.39 is 0 Å². The summed E-state index contributed by atoms with van der Waals surface area (Å²) in [6, 6.07) is 5.51. The smallest absolute Gasteiger partial charge is 0.259 e. The molecule has 0 saturated heterocycles. The van der Waals surface area contributed by atoms with Crippen molar-refractivity contribution in [2.75, 3.05) is 12.4 Å². The summed E-state index contributed by atoms with van der Waals surface area (Å²) in [5.41, 5.74) is 7.11. The van der Waals surface area contributed by atoms with Gasteiger partial charge in [0.1, 0.15) is 0 Å². The van der Waals surface area contributed by atoms with E-state index >= 15 is 0 Å². The molecule has 6 nitrogen and oxygen atoms in total. The van der Waals surface area contributed by atoms with Crippen molar-refractivity contribution in [2.45, 2.75) is 6.42 Å². The van der Waals surface area contributed by atoms with Gasteiger partial charge in [-0.05, 0) is 6.07 Å². The van der Waals surface area contributed by atoms with Crippen molar-refractivity contribution >= 4 is 22.4 Å². The second kappa shape index (κ2) is 5.45. The van der Waals surface area contributed by atoms with Gasteiger partial charge in [-0.1, -0.05) is 12.1 Å². The molecular formula is C14H13N3O3S. The molecule has 0 fully saturated rings. The standard InChI is InChI=1S/C14H13N3O3S/c1-19-10-4-2-3-8-7-9(12(15)20-11(8)10)13(18)17-14-16-5-6-21-14/h2-6H,7,15H2,1H3,(H,16,17,18). The third-order valence-corrected chi connectivity index (χ3v) is 3.77. The fraction of sp³-hybridized carbons (Fsp3) is 0.143. The summed E-state index contributed by atoms with van der Waals surface area (Å²) in [6.07, 6.45) is 2.01. The van der Waals surface area contributed by atoms with Crippen LogP contribution in [0.25, 0.3) is 0 Å². The van der Waals surface area contributed by atoms with E-state index in [0.29, 0.717) is 28.6 Å². The topological polar surface area (TPSA) is 86.5 Å². The highest BCUT2D eigenvalue weighted by molar-refractivity contribution is 7.13. The highest BCUT2D eigenvalue weighted by Gasteiger charge is 2.25. The van der Waals surface area contributed by atoms with Crippen LogP contribution < -0.4 is 20.5 Å². The number of amides is 1. The van der Waals surface area contributed by atoms with E-state index in [1.54, 1.807) is 24.8 Å². The molecule has 21 heavy (non-hydrogen) atoms. The molecule has 7 heteroatoms. The first-order valence-corrected chi connectivity index (χ1v) is 7.10. The monoisotopic (exact) mass is 303 g/mol. The fourth-order valence-electron chi connectivity index (χ4n) is 2.08. The Hall–Kier alpha value is -2.54. The van der Waals surface area contributed by atoms with Crippen molar-refractivity contribution in [3.8, 4) is 11.5 Å². The minimum absolute atomic E-state index is 0.0843. The average molecular weight is 303 g/mol. The largest absolute Gasteiger partial charge is 0.493 e. The molecule has 0 saturated carbocycles. The van der Waals surface area contributed by atoms with Gasteiger partial charge in [0.2, 0.25) is 0 Å². The number of nitrogens with one attached hydrogen (secondary N) is 1. The van der Waals surface area contributed by atoms with E-state index in [9.17, 15) is 4.79 Å². The lowest BCUT2D eigenvalue weighted by Gasteiger charge is -2.21. The number of hydrogen-bond acceptors (Lipinski definition) is 6. The Balaban J connectivity index is 1.86. The molecule has 1 aromatic heterocycles. The van der Waals surface area contributed by atoms with Gasteiger partial charge in [-0.15, -0.1) is 11.3 Å². The van der Waals surface area contributed by atoms with Crippen LogP contribution in [0.1, 0.15) is 5.56 Å². The van der Waals surface area contributed by atoms with Gasteiger partial charge in [0.05, 0.1) is 12.7 Å². The average Bonchev–Trinajstić information content (AvgIpc) is 2.98. The summed E-state index contributed by atoms with van der Waals surface area (Å²) >= 11 is 1.34. The molecule has 1 aromatic carbocycles. The molecule has 0 atom stereocenters. The number of benzene rings is 1. The second-order valence-corrected chi connectivity index (χ2v) is 5.26. The fourth-order valence-corrected chi connectivity index (χ4v) is 2.60. The van der Waals surface area contributed by atoms with Gasteiger partial charge in [-0.2, -0.15) is 0 Å². The Morgan fingerprint density at radius 2 is 2.38 bits per heavy atom. The van der Waals surface area contributed by atoms with Crippen LogP contribution in [0.2, 0.25) is 0 Å². The number of carbonyl (C=O) groups is 1. The Labute approximate surface area is 125 Å². The van der Waals surface area contributed by atoms with Crippen molar-refractivity contribution in [1.82, 2.24) is 4.98 Å². The van der Waals surface area contributed by atoms with Crippen LogP contribution in [0, 0.1) is 0 Å². The zero-order chi connectivity index (χ0) is 14.8. The molecule has 0 aliphatic carbocycles. The van der Waals surface area contributed by atoms with E-state index in [4.69, 9.17) is 15.2 Å². The summed E-state index contributed by atoms with van der Waals surface area (Å²) in [4.78, 5) is 16.3. The maximum absolute atomic E-state index is 12.2. The molecular weight excluding hydrogens is 290 g/mol. The predicted molar refractivity (Wildman–Crippen MR) is 79.3 cm³/mol. The molecule has 0 spiro atoms. The highest BCUT2D eigenvalue weighted by atomic mass is 32.1. The lowest BCUT2D eigenvalue weighted by molar-refractivity contribution is -0.113. The Bertz CT molecular complexity index is 710. The van der Waals surface area contributed by atoms with E-state index in [1.165, 1.54) is 11.3 Å².